The summed E-state index contributed by atoms with van der Waals surface area (Å²) in [5.74, 6) is 0.997. The van der Waals surface area contributed by atoms with Crippen LogP contribution in [0, 0.1) is 0 Å². The van der Waals surface area contributed by atoms with E-state index in [-0.39, 0.29) is 0 Å². The molecule has 4 heteroatoms. The molecule has 0 saturated carbocycles. The van der Waals surface area contributed by atoms with Crippen LogP contribution in [0.3, 0.4) is 0 Å². The van der Waals surface area contributed by atoms with Gasteiger partial charge in [0, 0.05) is 51.5 Å². The van der Waals surface area contributed by atoms with Crippen molar-refractivity contribution in [3.8, 4) is 5.75 Å². The molecular formula is C18H30N2O2. The zero-order valence-electron chi connectivity index (χ0n) is 14.3. The van der Waals surface area contributed by atoms with Crippen LogP contribution in [0.15, 0.2) is 24.3 Å². The number of benzene rings is 1. The third-order valence-electron chi connectivity index (χ3n) is 4.62. The van der Waals surface area contributed by atoms with E-state index >= 15 is 0 Å². The highest BCUT2D eigenvalue weighted by Crippen LogP contribution is 2.29. The summed E-state index contributed by atoms with van der Waals surface area (Å²) in [4.78, 5) is 5.13. The van der Waals surface area contributed by atoms with E-state index in [1.807, 2.05) is 6.07 Å². The first-order chi connectivity index (χ1) is 10.8. The maximum Gasteiger partial charge on any atom is 0.123 e. The second kappa shape index (κ2) is 9.13. The molecule has 124 valence electrons. The standard InChI is InChI=1S/C18H30N2O2/c1-16(17-8-4-5-9-18(17)22-3)20-13-11-19(12-14-20)10-6-7-15-21-2/h4-5,8-9,16H,6-7,10-15H2,1-3H3/t16-/m1/s1. The molecule has 0 aromatic heterocycles. The average Bonchev–Trinajstić information content (AvgIpc) is 2.58. The van der Waals surface area contributed by atoms with Gasteiger partial charge in [0.25, 0.3) is 0 Å². The fraction of sp³-hybridized carbons (Fsp3) is 0.667. The summed E-state index contributed by atoms with van der Waals surface area (Å²) in [5.41, 5.74) is 1.29. The second-order valence-corrected chi connectivity index (χ2v) is 6.00. The maximum atomic E-state index is 5.51. The summed E-state index contributed by atoms with van der Waals surface area (Å²) < 4.78 is 10.6. The van der Waals surface area contributed by atoms with Gasteiger partial charge in [0.1, 0.15) is 5.75 Å². The molecule has 1 aliphatic rings. The van der Waals surface area contributed by atoms with Gasteiger partial charge in [-0.05, 0) is 32.4 Å². The van der Waals surface area contributed by atoms with Crippen LogP contribution in [-0.4, -0.2) is 63.4 Å². The number of hydrogen-bond acceptors (Lipinski definition) is 4. The van der Waals surface area contributed by atoms with Crippen LogP contribution in [0.5, 0.6) is 5.75 Å². The summed E-state index contributed by atoms with van der Waals surface area (Å²) in [6.07, 6.45) is 2.39. The summed E-state index contributed by atoms with van der Waals surface area (Å²) in [7, 11) is 3.53. The van der Waals surface area contributed by atoms with Crippen LogP contribution < -0.4 is 4.74 Å². The lowest BCUT2D eigenvalue weighted by Gasteiger charge is -2.38. The van der Waals surface area contributed by atoms with Gasteiger partial charge in [-0.2, -0.15) is 0 Å². The molecule has 0 aliphatic carbocycles. The number of hydrogen-bond donors (Lipinski definition) is 0. The van der Waals surface area contributed by atoms with Crippen LogP contribution in [0.25, 0.3) is 0 Å². The molecule has 1 aliphatic heterocycles. The third kappa shape index (κ3) is 4.70. The van der Waals surface area contributed by atoms with E-state index in [4.69, 9.17) is 9.47 Å². The van der Waals surface area contributed by atoms with Crippen molar-refractivity contribution in [2.24, 2.45) is 0 Å². The van der Waals surface area contributed by atoms with E-state index in [9.17, 15) is 0 Å². The van der Waals surface area contributed by atoms with Gasteiger partial charge in [-0.25, -0.2) is 0 Å². The number of piperazine rings is 1. The van der Waals surface area contributed by atoms with E-state index in [1.54, 1.807) is 14.2 Å². The van der Waals surface area contributed by atoms with Crippen molar-refractivity contribution in [1.29, 1.82) is 0 Å². The summed E-state index contributed by atoms with van der Waals surface area (Å²) >= 11 is 0. The summed E-state index contributed by atoms with van der Waals surface area (Å²) in [6.45, 7) is 8.93. The Morgan fingerprint density at radius 3 is 2.45 bits per heavy atom. The van der Waals surface area contributed by atoms with Crippen LogP contribution >= 0.6 is 0 Å². The molecule has 22 heavy (non-hydrogen) atoms. The maximum absolute atomic E-state index is 5.51. The molecular weight excluding hydrogens is 276 g/mol. The minimum Gasteiger partial charge on any atom is -0.496 e. The Balaban J connectivity index is 1.81. The van der Waals surface area contributed by atoms with Crippen molar-refractivity contribution in [1.82, 2.24) is 9.80 Å². The molecule has 0 unspecified atom stereocenters. The SMILES string of the molecule is COCCCCN1CCN([C@H](C)c2ccccc2OC)CC1. The Morgan fingerprint density at radius 2 is 1.77 bits per heavy atom. The van der Waals surface area contributed by atoms with E-state index < -0.39 is 0 Å². The Bertz CT molecular complexity index is 431. The lowest BCUT2D eigenvalue weighted by atomic mass is 10.0. The highest BCUT2D eigenvalue weighted by Gasteiger charge is 2.23. The van der Waals surface area contributed by atoms with Gasteiger partial charge < -0.3 is 14.4 Å². The molecule has 4 nitrogen and oxygen atoms in total. The van der Waals surface area contributed by atoms with Gasteiger partial charge in [0.15, 0.2) is 0 Å². The molecule has 1 saturated heterocycles. The predicted octanol–water partition coefficient (Wildman–Crippen LogP) is 2.80. The zero-order chi connectivity index (χ0) is 15.8. The number of unbranched alkanes of at least 4 members (excludes halogenated alkanes) is 1. The highest BCUT2D eigenvalue weighted by atomic mass is 16.5. The Morgan fingerprint density at radius 1 is 1.05 bits per heavy atom. The quantitative estimate of drug-likeness (QED) is 0.690. The topological polar surface area (TPSA) is 24.9 Å². The molecule has 0 N–H and O–H groups in total. The average molecular weight is 306 g/mol. The van der Waals surface area contributed by atoms with Crippen molar-refractivity contribution in [2.45, 2.75) is 25.8 Å². The highest BCUT2D eigenvalue weighted by molar-refractivity contribution is 5.35. The van der Waals surface area contributed by atoms with Crippen LogP contribution in [-0.2, 0) is 4.74 Å². The van der Waals surface area contributed by atoms with Crippen molar-refractivity contribution < 1.29 is 9.47 Å². The molecule has 1 heterocycles. The van der Waals surface area contributed by atoms with Gasteiger partial charge in [0.05, 0.1) is 7.11 Å². The van der Waals surface area contributed by atoms with E-state index in [0.717, 1.165) is 45.0 Å². The monoisotopic (exact) mass is 306 g/mol. The lowest BCUT2D eigenvalue weighted by Crippen LogP contribution is -2.47. The van der Waals surface area contributed by atoms with E-state index in [1.165, 1.54) is 18.5 Å². The molecule has 1 fully saturated rings. The van der Waals surface area contributed by atoms with Crippen LogP contribution in [0.1, 0.15) is 31.4 Å². The Labute approximate surface area is 135 Å². The molecule has 1 aromatic rings. The number of nitrogens with zero attached hydrogens (tertiary/aromatic N) is 2. The van der Waals surface area contributed by atoms with Crippen molar-refractivity contribution in [3.63, 3.8) is 0 Å². The molecule has 2 rings (SSSR count). The summed E-state index contributed by atoms with van der Waals surface area (Å²) in [6, 6.07) is 8.78. The number of ether oxygens (including phenoxy) is 2. The number of para-hydroxylation sites is 1. The first-order valence-electron chi connectivity index (χ1n) is 8.34. The van der Waals surface area contributed by atoms with Crippen molar-refractivity contribution in [3.05, 3.63) is 29.8 Å². The van der Waals surface area contributed by atoms with Gasteiger partial charge in [-0.1, -0.05) is 18.2 Å². The smallest absolute Gasteiger partial charge is 0.123 e. The van der Waals surface area contributed by atoms with Gasteiger partial charge in [0.2, 0.25) is 0 Å². The molecule has 0 amide bonds. The first kappa shape index (κ1) is 17.3. The molecule has 0 bridgehead atoms. The minimum atomic E-state index is 0.409. The first-order valence-corrected chi connectivity index (χ1v) is 8.34. The molecule has 1 atom stereocenters. The Hall–Kier alpha value is -1.10. The van der Waals surface area contributed by atoms with E-state index in [0.29, 0.717) is 6.04 Å². The van der Waals surface area contributed by atoms with E-state index in [2.05, 4.69) is 34.9 Å². The predicted molar refractivity (Wildman–Crippen MR) is 90.5 cm³/mol. The molecule has 0 spiro atoms. The molecule has 0 radical (unpaired) electrons. The number of methoxy groups -OCH3 is 2. The van der Waals surface area contributed by atoms with Crippen molar-refractivity contribution in [2.75, 3.05) is 53.6 Å². The van der Waals surface area contributed by atoms with Gasteiger partial charge in [-0.3, -0.25) is 4.90 Å². The second-order valence-electron chi connectivity index (χ2n) is 6.00. The van der Waals surface area contributed by atoms with Crippen LogP contribution in [0.2, 0.25) is 0 Å². The van der Waals surface area contributed by atoms with Gasteiger partial charge in [-0.15, -0.1) is 0 Å². The normalized spacial score (nSPS) is 18.3. The zero-order valence-corrected chi connectivity index (χ0v) is 14.3. The fourth-order valence-corrected chi connectivity index (χ4v) is 3.16. The fourth-order valence-electron chi connectivity index (χ4n) is 3.16. The van der Waals surface area contributed by atoms with Crippen LogP contribution in [0.4, 0.5) is 0 Å². The largest absolute Gasteiger partial charge is 0.496 e. The Kier molecular flexibility index (Phi) is 7.16. The van der Waals surface area contributed by atoms with Gasteiger partial charge >= 0.3 is 0 Å². The third-order valence-corrected chi connectivity index (χ3v) is 4.62. The molecule has 1 aromatic carbocycles. The minimum absolute atomic E-state index is 0.409. The number of rotatable bonds is 8. The lowest BCUT2D eigenvalue weighted by molar-refractivity contribution is 0.0976. The van der Waals surface area contributed by atoms with Crippen molar-refractivity contribution >= 4 is 0 Å². The summed E-state index contributed by atoms with van der Waals surface area (Å²) in [5, 5.41) is 0.